The summed E-state index contributed by atoms with van der Waals surface area (Å²) in [5.41, 5.74) is 4.19. The topological polar surface area (TPSA) is 83.6 Å². The molecule has 0 radical (unpaired) electrons. The van der Waals surface area contributed by atoms with Gasteiger partial charge in [-0.25, -0.2) is 4.39 Å². The smallest absolute Gasteiger partial charge is 0.251 e. The monoisotopic (exact) mass is 387 g/mol. The van der Waals surface area contributed by atoms with Gasteiger partial charge in [-0.1, -0.05) is 0 Å². The molecule has 1 N–H and O–H groups in total. The highest BCUT2D eigenvalue weighted by atomic mass is 19.1. The van der Waals surface area contributed by atoms with Crippen molar-refractivity contribution in [1.82, 2.24) is 20.1 Å². The number of rotatable bonds is 4. The van der Waals surface area contributed by atoms with E-state index >= 15 is 0 Å². The molecule has 3 heterocycles. The number of halogens is 1. The number of carbonyl (C=O) groups excluding carboxylic acids is 1. The Kier molecular flexibility index (Phi) is 4.13. The van der Waals surface area contributed by atoms with E-state index in [0.29, 0.717) is 12.5 Å². The van der Waals surface area contributed by atoms with Crippen molar-refractivity contribution >= 4 is 5.91 Å². The van der Waals surface area contributed by atoms with E-state index in [1.54, 1.807) is 0 Å². The zero-order valence-corrected chi connectivity index (χ0v) is 15.6. The number of amides is 1. The van der Waals surface area contributed by atoms with E-state index in [1.165, 1.54) is 18.9 Å². The molecule has 1 saturated carbocycles. The summed E-state index contributed by atoms with van der Waals surface area (Å²) >= 11 is 0. The second-order valence-electron chi connectivity index (χ2n) is 7.58. The first-order chi connectivity index (χ1) is 14.1. The van der Waals surface area contributed by atoms with Crippen LogP contribution in [0.1, 0.15) is 58.5 Å². The molecule has 5 rings (SSSR count). The first kappa shape index (κ1) is 17.6. The summed E-state index contributed by atoms with van der Waals surface area (Å²) in [4.78, 5) is 17.1. The van der Waals surface area contributed by atoms with Gasteiger partial charge in [0.1, 0.15) is 5.82 Å². The fraction of sp³-hybridized carbons (Fsp3) is 0.273. The molecule has 29 heavy (non-hydrogen) atoms. The fourth-order valence-electron chi connectivity index (χ4n) is 3.81. The summed E-state index contributed by atoms with van der Waals surface area (Å²) in [6.07, 6.45) is 4.93. The maximum Gasteiger partial charge on any atom is 0.251 e. The number of carbonyl (C=O) groups is 1. The van der Waals surface area contributed by atoms with E-state index < -0.39 is 11.7 Å². The molecule has 2 aromatic heterocycles. The number of fused-ring (bicyclic) bond motifs is 1. The standard InChI is InChI=1S/C22H18FN5O/c23-17-8-13(12-24)7-16(9-17)22(29)26-18-4-6-28-21(18)11-20(27-28)15-3-5-25-19(10-15)14-1-2-14/h3,5,7-11,14,18H,1-2,4,6H2,(H,26,29). The maximum atomic E-state index is 13.7. The molecule has 1 fully saturated rings. The number of hydrogen-bond donors (Lipinski definition) is 1. The molecule has 1 aromatic carbocycles. The molecule has 1 atom stereocenters. The van der Waals surface area contributed by atoms with E-state index in [1.807, 2.05) is 29.1 Å². The zero-order chi connectivity index (χ0) is 20.0. The maximum absolute atomic E-state index is 13.7. The van der Waals surface area contributed by atoms with Gasteiger partial charge >= 0.3 is 0 Å². The second-order valence-corrected chi connectivity index (χ2v) is 7.58. The average Bonchev–Trinajstić information content (AvgIpc) is 3.40. The van der Waals surface area contributed by atoms with Crippen molar-refractivity contribution in [1.29, 1.82) is 5.26 Å². The average molecular weight is 387 g/mol. The van der Waals surface area contributed by atoms with Crippen LogP contribution in [0.15, 0.2) is 42.6 Å². The van der Waals surface area contributed by atoms with Gasteiger partial charge in [0.25, 0.3) is 5.91 Å². The van der Waals surface area contributed by atoms with Crippen LogP contribution in [0, 0.1) is 17.1 Å². The van der Waals surface area contributed by atoms with Gasteiger partial charge in [0, 0.05) is 35.5 Å². The van der Waals surface area contributed by atoms with E-state index in [4.69, 9.17) is 5.26 Å². The van der Waals surface area contributed by atoms with Gasteiger partial charge < -0.3 is 5.32 Å². The number of aromatic nitrogens is 3. The van der Waals surface area contributed by atoms with Crippen LogP contribution in [0.4, 0.5) is 4.39 Å². The fourth-order valence-corrected chi connectivity index (χ4v) is 3.81. The van der Waals surface area contributed by atoms with Gasteiger partial charge in [0.2, 0.25) is 0 Å². The molecule has 6 nitrogen and oxygen atoms in total. The lowest BCUT2D eigenvalue weighted by Crippen LogP contribution is -2.27. The molecule has 0 spiro atoms. The predicted molar refractivity (Wildman–Crippen MR) is 103 cm³/mol. The molecule has 0 bridgehead atoms. The lowest BCUT2D eigenvalue weighted by molar-refractivity contribution is 0.0936. The van der Waals surface area contributed by atoms with Crippen LogP contribution >= 0.6 is 0 Å². The predicted octanol–water partition coefficient (Wildman–Crippen LogP) is 3.71. The van der Waals surface area contributed by atoms with E-state index in [0.717, 1.165) is 41.2 Å². The minimum Gasteiger partial charge on any atom is -0.344 e. The van der Waals surface area contributed by atoms with Crippen molar-refractivity contribution in [3.8, 4) is 17.3 Å². The minimum absolute atomic E-state index is 0.123. The molecule has 1 aliphatic heterocycles. The number of hydrogen-bond acceptors (Lipinski definition) is 4. The molecule has 1 amide bonds. The number of nitrogens with zero attached hydrogens (tertiary/aromatic N) is 4. The highest BCUT2D eigenvalue weighted by Crippen LogP contribution is 2.40. The van der Waals surface area contributed by atoms with Gasteiger partial charge in [-0.3, -0.25) is 14.5 Å². The Balaban J connectivity index is 1.38. The van der Waals surface area contributed by atoms with Crippen molar-refractivity contribution in [2.45, 2.75) is 37.8 Å². The highest BCUT2D eigenvalue weighted by Gasteiger charge is 2.28. The largest absolute Gasteiger partial charge is 0.344 e. The summed E-state index contributed by atoms with van der Waals surface area (Å²) in [7, 11) is 0. The Morgan fingerprint density at radius 1 is 1.21 bits per heavy atom. The Morgan fingerprint density at radius 2 is 2.07 bits per heavy atom. The van der Waals surface area contributed by atoms with Crippen LogP contribution in [0.5, 0.6) is 0 Å². The summed E-state index contributed by atoms with van der Waals surface area (Å²) in [6.45, 7) is 0.702. The van der Waals surface area contributed by atoms with Crippen molar-refractivity contribution in [2.24, 2.45) is 0 Å². The van der Waals surface area contributed by atoms with Gasteiger partial charge in [-0.15, -0.1) is 0 Å². The van der Waals surface area contributed by atoms with Crippen LogP contribution in [0.2, 0.25) is 0 Å². The SMILES string of the molecule is N#Cc1cc(F)cc(C(=O)NC2CCn3nc(-c4ccnc(C5CC5)c4)cc32)c1. The van der Waals surface area contributed by atoms with Gasteiger partial charge in [0.15, 0.2) is 0 Å². The Labute approximate surface area is 167 Å². The number of nitriles is 1. The summed E-state index contributed by atoms with van der Waals surface area (Å²) in [6, 6.07) is 11.4. The Hall–Kier alpha value is -3.53. The molecule has 2 aliphatic rings. The highest BCUT2D eigenvalue weighted by molar-refractivity contribution is 5.94. The molecule has 1 aliphatic carbocycles. The van der Waals surface area contributed by atoms with Crippen molar-refractivity contribution in [3.05, 3.63) is 70.9 Å². The van der Waals surface area contributed by atoms with Crippen LogP contribution in [-0.2, 0) is 6.54 Å². The third-order valence-corrected chi connectivity index (χ3v) is 5.46. The lowest BCUT2D eigenvalue weighted by atomic mass is 10.1. The van der Waals surface area contributed by atoms with Gasteiger partial charge in [-0.05, 0) is 55.7 Å². The molecule has 144 valence electrons. The second kappa shape index (κ2) is 6.82. The third-order valence-electron chi connectivity index (χ3n) is 5.46. The molecule has 7 heteroatoms. The number of nitrogens with one attached hydrogen (secondary N) is 1. The summed E-state index contributed by atoms with van der Waals surface area (Å²) < 4.78 is 15.6. The van der Waals surface area contributed by atoms with Crippen molar-refractivity contribution in [3.63, 3.8) is 0 Å². The number of pyridine rings is 1. The van der Waals surface area contributed by atoms with Crippen LogP contribution in [0.3, 0.4) is 0 Å². The van der Waals surface area contributed by atoms with E-state index in [2.05, 4.69) is 21.5 Å². The molecule has 0 saturated heterocycles. The first-order valence-electron chi connectivity index (χ1n) is 9.66. The zero-order valence-electron chi connectivity index (χ0n) is 15.6. The summed E-state index contributed by atoms with van der Waals surface area (Å²) in [5.74, 6) is -0.430. The van der Waals surface area contributed by atoms with E-state index in [-0.39, 0.29) is 17.2 Å². The van der Waals surface area contributed by atoms with Gasteiger partial charge in [0.05, 0.1) is 29.1 Å². The van der Waals surface area contributed by atoms with E-state index in [9.17, 15) is 9.18 Å². The Bertz CT molecular complexity index is 1160. The van der Waals surface area contributed by atoms with Gasteiger partial charge in [-0.2, -0.15) is 10.4 Å². The summed E-state index contributed by atoms with van der Waals surface area (Å²) in [5, 5.41) is 16.6. The molecule has 1 unspecified atom stereocenters. The van der Waals surface area contributed by atoms with Crippen molar-refractivity contribution < 1.29 is 9.18 Å². The lowest BCUT2D eigenvalue weighted by Gasteiger charge is -2.12. The number of aryl methyl sites for hydroxylation is 1. The molecular formula is C22H18FN5O. The molecular weight excluding hydrogens is 369 g/mol. The van der Waals surface area contributed by atoms with Crippen LogP contribution in [0.25, 0.3) is 11.3 Å². The van der Waals surface area contributed by atoms with Crippen molar-refractivity contribution in [2.75, 3.05) is 0 Å². The molecule has 3 aromatic rings. The van der Waals surface area contributed by atoms with Crippen LogP contribution < -0.4 is 5.32 Å². The Morgan fingerprint density at radius 3 is 2.86 bits per heavy atom. The first-order valence-corrected chi connectivity index (χ1v) is 9.66. The quantitative estimate of drug-likeness (QED) is 0.740. The minimum atomic E-state index is -0.600. The normalized spacial score (nSPS) is 17.6. The van der Waals surface area contributed by atoms with Crippen LogP contribution in [-0.4, -0.2) is 20.7 Å². The third kappa shape index (κ3) is 3.38. The number of benzene rings is 1.